The number of hydrogen-bond donors (Lipinski definition) is 0. The normalized spacial score (nSPS) is 21.8. The van der Waals surface area contributed by atoms with Crippen LogP contribution in [0.3, 0.4) is 0 Å². The monoisotopic (exact) mass is 180 g/mol. The fourth-order valence-electron chi connectivity index (χ4n) is 1.23. The number of ether oxygens (including phenoxy) is 2. The van der Waals surface area contributed by atoms with Crippen molar-refractivity contribution < 1.29 is 9.47 Å². The van der Waals surface area contributed by atoms with Crippen LogP contribution in [0, 0.1) is 6.92 Å². The topological polar surface area (TPSA) is 44.2 Å². The van der Waals surface area contributed by atoms with E-state index >= 15 is 0 Å². The number of aromatic nitrogens is 2. The van der Waals surface area contributed by atoms with Gasteiger partial charge in [-0.05, 0) is 13.0 Å². The van der Waals surface area contributed by atoms with Crippen molar-refractivity contribution in [1.82, 2.24) is 10.2 Å². The summed E-state index contributed by atoms with van der Waals surface area (Å²) in [4.78, 5) is 0. The molecule has 4 nitrogen and oxygen atoms in total. The van der Waals surface area contributed by atoms with E-state index in [0.717, 1.165) is 18.7 Å². The second kappa shape index (κ2) is 3.70. The number of hydrogen-bond acceptors (Lipinski definition) is 4. The molecule has 0 saturated carbocycles. The van der Waals surface area contributed by atoms with Crippen molar-refractivity contribution in [1.29, 1.82) is 0 Å². The summed E-state index contributed by atoms with van der Waals surface area (Å²) < 4.78 is 10.7. The number of nitrogens with zero attached hydrogens (tertiary/aromatic N) is 2. The van der Waals surface area contributed by atoms with Crippen LogP contribution in [0.1, 0.15) is 12.1 Å². The van der Waals surface area contributed by atoms with Crippen LogP contribution in [0.4, 0.5) is 0 Å². The fraction of sp³-hybridized carbons (Fsp3) is 0.556. The number of rotatable bonds is 2. The summed E-state index contributed by atoms with van der Waals surface area (Å²) in [7, 11) is 0. The third-order valence-corrected chi connectivity index (χ3v) is 1.95. The molecule has 0 amide bonds. The van der Waals surface area contributed by atoms with E-state index < -0.39 is 0 Å². The largest absolute Gasteiger partial charge is 0.471 e. The van der Waals surface area contributed by atoms with Crippen LogP contribution in [-0.2, 0) is 4.74 Å². The highest BCUT2D eigenvalue weighted by atomic mass is 16.5. The predicted octanol–water partition coefficient (Wildman–Crippen LogP) is 0.953. The van der Waals surface area contributed by atoms with Gasteiger partial charge in [0.15, 0.2) is 0 Å². The maximum Gasteiger partial charge on any atom is 0.233 e. The van der Waals surface area contributed by atoms with Crippen LogP contribution in [0.2, 0.25) is 0 Å². The maximum absolute atomic E-state index is 5.53. The van der Waals surface area contributed by atoms with Crippen molar-refractivity contribution in [2.75, 3.05) is 13.2 Å². The summed E-state index contributed by atoms with van der Waals surface area (Å²) in [6.45, 7) is 3.34. The molecule has 1 saturated heterocycles. The summed E-state index contributed by atoms with van der Waals surface area (Å²) in [6.07, 6.45) is 1.09. The molecule has 13 heavy (non-hydrogen) atoms. The lowest BCUT2D eigenvalue weighted by Gasteiger charge is -2.09. The van der Waals surface area contributed by atoms with E-state index in [1.165, 1.54) is 0 Å². The van der Waals surface area contributed by atoms with Crippen molar-refractivity contribution in [2.45, 2.75) is 19.4 Å². The molecule has 4 heteroatoms. The quantitative estimate of drug-likeness (QED) is 0.679. The van der Waals surface area contributed by atoms with Gasteiger partial charge in [0.2, 0.25) is 5.88 Å². The van der Waals surface area contributed by atoms with Crippen molar-refractivity contribution in [3.63, 3.8) is 0 Å². The zero-order chi connectivity index (χ0) is 9.10. The Morgan fingerprint density at radius 3 is 3.00 bits per heavy atom. The second-order valence-electron chi connectivity index (χ2n) is 3.12. The van der Waals surface area contributed by atoms with E-state index in [1.807, 2.05) is 19.1 Å². The molecule has 2 rings (SSSR count). The maximum atomic E-state index is 5.53. The smallest absolute Gasteiger partial charge is 0.233 e. The molecule has 2 heterocycles. The first-order valence-electron chi connectivity index (χ1n) is 4.39. The molecule has 1 aromatic rings. The highest BCUT2D eigenvalue weighted by Gasteiger charge is 2.17. The highest BCUT2D eigenvalue weighted by Crippen LogP contribution is 2.13. The molecule has 1 atom stereocenters. The molecule has 0 radical (unpaired) electrons. The lowest BCUT2D eigenvalue weighted by Crippen LogP contribution is -2.16. The van der Waals surface area contributed by atoms with E-state index in [2.05, 4.69) is 10.2 Å². The Labute approximate surface area is 76.9 Å². The van der Waals surface area contributed by atoms with Crippen molar-refractivity contribution >= 4 is 0 Å². The predicted molar refractivity (Wildman–Crippen MR) is 46.6 cm³/mol. The van der Waals surface area contributed by atoms with Crippen molar-refractivity contribution in [3.8, 4) is 5.88 Å². The minimum absolute atomic E-state index is 0.150. The first-order valence-corrected chi connectivity index (χ1v) is 4.39. The zero-order valence-electron chi connectivity index (χ0n) is 7.56. The molecular formula is C9H12N2O2. The van der Waals surface area contributed by atoms with Crippen LogP contribution in [0.25, 0.3) is 0 Å². The van der Waals surface area contributed by atoms with Crippen LogP contribution in [0.5, 0.6) is 5.88 Å². The molecule has 0 bridgehead atoms. The molecule has 70 valence electrons. The zero-order valence-corrected chi connectivity index (χ0v) is 7.56. The fourth-order valence-corrected chi connectivity index (χ4v) is 1.23. The van der Waals surface area contributed by atoms with E-state index in [0.29, 0.717) is 12.5 Å². The van der Waals surface area contributed by atoms with Gasteiger partial charge in [-0.3, -0.25) is 0 Å². The third kappa shape index (κ3) is 2.15. The minimum atomic E-state index is 0.150. The molecule has 0 aliphatic carbocycles. The molecular weight excluding hydrogens is 168 g/mol. The Morgan fingerprint density at radius 2 is 2.38 bits per heavy atom. The standard InChI is InChI=1S/C9H12N2O2/c1-7-2-3-9(11-10-7)13-8-4-5-12-6-8/h2-3,8H,4-6H2,1H3. The van der Waals surface area contributed by atoms with E-state index in [9.17, 15) is 0 Å². The number of aryl methyl sites for hydroxylation is 1. The highest BCUT2D eigenvalue weighted by molar-refractivity contribution is 5.10. The van der Waals surface area contributed by atoms with Gasteiger partial charge in [0.25, 0.3) is 0 Å². The first-order chi connectivity index (χ1) is 6.34. The molecule has 0 N–H and O–H groups in total. The van der Waals surface area contributed by atoms with Gasteiger partial charge in [0.05, 0.1) is 18.9 Å². The van der Waals surface area contributed by atoms with Gasteiger partial charge in [0, 0.05) is 12.5 Å². The van der Waals surface area contributed by atoms with Crippen LogP contribution < -0.4 is 4.74 Å². The Hall–Kier alpha value is -1.16. The summed E-state index contributed by atoms with van der Waals surface area (Å²) in [5.74, 6) is 0.584. The molecule has 1 unspecified atom stereocenters. The average Bonchev–Trinajstić information content (AvgIpc) is 2.62. The molecule has 1 fully saturated rings. The van der Waals surface area contributed by atoms with Gasteiger partial charge in [-0.25, -0.2) is 0 Å². The Balaban J connectivity index is 1.97. The Bertz CT molecular complexity index is 267. The Morgan fingerprint density at radius 1 is 1.46 bits per heavy atom. The van der Waals surface area contributed by atoms with Crippen LogP contribution in [0.15, 0.2) is 12.1 Å². The van der Waals surface area contributed by atoms with Gasteiger partial charge in [0.1, 0.15) is 6.10 Å². The molecule has 1 aliphatic rings. The second-order valence-corrected chi connectivity index (χ2v) is 3.12. The molecule has 0 spiro atoms. The summed E-state index contributed by atoms with van der Waals surface area (Å²) in [5.41, 5.74) is 0.898. The van der Waals surface area contributed by atoms with E-state index in [4.69, 9.17) is 9.47 Å². The van der Waals surface area contributed by atoms with Gasteiger partial charge in [-0.1, -0.05) is 0 Å². The van der Waals surface area contributed by atoms with Gasteiger partial charge in [-0.2, -0.15) is 5.10 Å². The molecule has 1 aliphatic heterocycles. The summed E-state index contributed by atoms with van der Waals surface area (Å²) in [6, 6.07) is 3.72. The average molecular weight is 180 g/mol. The Kier molecular flexibility index (Phi) is 2.40. The summed E-state index contributed by atoms with van der Waals surface area (Å²) in [5, 5.41) is 7.82. The van der Waals surface area contributed by atoms with Crippen LogP contribution >= 0.6 is 0 Å². The third-order valence-electron chi connectivity index (χ3n) is 1.95. The molecule has 0 aromatic carbocycles. The molecule has 1 aromatic heterocycles. The van der Waals surface area contributed by atoms with Crippen molar-refractivity contribution in [3.05, 3.63) is 17.8 Å². The van der Waals surface area contributed by atoms with Gasteiger partial charge in [-0.15, -0.1) is 5.10 Å². The lowest BCUT2D eigenvalue weighted by molar-refractivity contribution is 0.137. The first kappa shape index (κ1) is 8.44. The van der Waals surface area contributed by atoms with Gasteiger partial charge < -0.3 is 9.47 Å². The minimum Gasteiger partial charge on any atom is -0.471 e. The van der Waals surface area contributed by atoms with Crippen LogP contribution in [-0.4, -0.2) is 29.5 Å². The summed E-state index contributed by atoms with van der Waals surface area (Å²) >= 11 is 0. The van der Waals surface area contributed by atoms with Crippen molar-refractivity contribution in [2.24, 2.45) is 0 Å². The van der Waals surface area contributed by atoms with Gasteiger partial charge >= 0.3 is 0 Å². The SMILES string of the molecule is Cc1ccc(OC2CCOC2)nn1. The van der Waals surface area contributed by atoms with E-state index in [-0.39, 0.29) is 6.10 Å². The lowest BCUT2D eigenvalue weighted by atomic mass is 10.3. The van der Waals surface area contributed by atoms with E-state index in [1.54, 1.807) is 0 Å².